The van der Waals surface area contributed by atoms with Gasteiger partial charge in [-0.1, -0.05) is 29.7 Å². The minimum Gasteiger partial charge on any atom is -0.478 e. The van der Waals surface area contributed by atoms with E-state index in [1.807, 2.05) is 4.68 Å². The van der Waals surface area contributed by atoms with Gasteiger partial charge in [0.15, 0.2) is 0 Å². The molecule has 0 unspecified atom stereocenters. The van der Waals surface area contributed by atoms with Crippen LogP contribution in [0.4, 0.5) is 0 Å². The third kappa shape index (κ3) is 2.30. The fraction of sp³-hybridized carbons (Fsp3) is 0.462. The Kier molecular flexibility index (Phi) is 3.14. The number of aromatic carboxylic acids is 1. The minimum absolute atomic E-state index is 0.0714. The van der Waals surface area contributed by atoms with E-state index < -0.39 is 5.97 Å². The number of aromatic nitrogens is 3. The molecule has 19 heavy (non-hydrogen) atoms. The summed E-state index contributed by atoms with van der Waals surface area (Å²) in [5.74, 6) is -0.403. The normalized spacial score (nSPS) is 16.3. The summed E-state index contributed by atoms with van der Waals surface area (Å²) < 4.78 is 1.84. The molecule has 0 atom stereocenters. The molecule has 1 aromatic heterocycles. The molecule has 100 valence electrons. The number of benzene rings is 1. The Morgan fingerprint density at radius 1 is 1.42 bits per heavy atom. The lowest BCUT2D eigenvalue weighted by Gasteiger charge is -2.09. The summed E-state index contributed by atoms with van der Waals surface area (Å²) in [5, 5.41) is 17.4. The Hall–Kier alpha value is -1.62. The van der Waals surface area contributed by atoms with E-state index in [0.717, 1.165) is 12.1 Å². The number of fused-ring (bicyclic) bond motifs is 1. The number of carboxylic acid groups (broad SMARTS) is 1. The molecule has 0 radical (unpaired) electrons. The van der Waals surface area contributed by atoms with Crippen molar-refractivity contribution in [2.45, 2.75) is 32.2 Å². The topological polar surface area (TPSA) is 68.0 Å². The summed E-state index contributed by atoms with van der Waals surface area (Å²) in [6.07, 6.45) is 5.01. The third-order valence-electron chi connectivity index (χ3n) is 3.74. The van der Waals surface area contributed by atoms with Crippen LogP contribution in [0.2, 0.25) is 5.02 Å². The van der Waals surface area contributed by atoms with Crippen LogP contribution in [0.15, 0.2) is 12.1 Å². The maximum atomic E-state index is 11.0. The highest BCUT2D eigenvalue weighted by Gasteiger charge is 2.19. The molecule has 0 bridgehead atoms. The van der Waals surface area contributed by atoms with Gasteiger partial charge >= 0.3 is 5.97 Å². The molecule has 1 heterocycles. The molecule has 5 nitrogen and oxygen atoms in total. The number of carboxylic acids is 1. The van der Waals surface area contributed by atoms with Crippen LogP contribution in [-0.2, 0) is 6.54 Å². The van der Waals surface area contributed by atoms with Gasteiger partial charge in [0.1, 0.15) is 5.52 Å². The summed E-state index contributed by atoms with van der Waals surface area (Å²) in [6.45, 7) is 0.833. The Bertz CT molecular complexity index is 632. The molecule has 0 amide bonds. The monoisotopic (exact) mass is 279 g/mol. The average Bonchev–Trinajstić information content (AvgIpc) is 2.99. The highest BCUT2D eigenvalue weighted by atomic mass is 35.5. The molecule has 3 rings (SSSR count). The SMILES string of the molecule is O=C(O)c1cc2nnn(CC3CCCC3)c2cc1Cl. The quantitative estimate of drug-likeness (QED) is 0.938. The fourth-order valence-corrected chi connectivity index (χ4v) is 2.96. The molecular formula is C13H14ClN3O2. The van der Waals surface area contributed by atoms with Gasteiger partial charge in [-0.25, -0.2) is 9.48 Å². The summed E-state index contributed by atoms with van der Waals surface area (Å²) in [7, 11) is 0. The summed E-state index contributed by atoms with van der Waals surface area (Å²) in [6, 6.07) is 3.13. The van der Waals surface area contributed by atoms with Gasteiger partial charge in [-0.05, 0) is 30.9 Å². The predicted octanol–water partition coefficient (Wildman–Crippen LogP) is 2.97. The molecule has 0 saturated heterocycles. The van der Waals surface area contributed by atoms with Crippen LogP contribution >= 0.6 is 11.6 Å². The Balaban J connectivity index is 1.98. The Labute approximate surface area is 115 Å². The molecule has 0 aliphatic heterocycles. The molecule has 6 heteroatoms. The van der Waals surface area contributed by atoms with Crippen LogP contribution in [0.25, 0.3) is 11.0 Å². The standard InChI is InChI=1S/C13H14ClN3O2/c14-10-6-12-11(5-9(10)13(18)19)15-16-17(12)7-8-3-1-2-4-8/h5-6,8H,1-4,7H2,(H,18,19). The molecular weight excluding hydrogens is 266 g/mol. The predicted molar refractivity (Wildman–Crippen MR) is 71.5 cm³/mol. The van der Waals surface area contributed by atoms with Gasteiger partial charge in [0.2, 0.25) is 0 Å². The molecule has 1 saturated carbocycles. The van der Waals surface area contributed by atoms with E-state index in [0.29, 0.717) is 11.4 Å². The second kappa shape index (κ2) is 4.81. The van der Waals surface area contributed by atoms with Crippen molar-refractivity contribution in [1.82, 2.24) is 15.0 Å². The van der Waals surface area contributed by atoms with Crippen molar-refractivity contribution in [3.05, 3.63) is 22.7 Å². The Morgan fingerprint density at radius 2 is 2.16 bits per heavy atom. The molecule has 1 aliphatic carbocycles. The zero-order valence-corrected chi connectivity index (χ0v) is 11.1. The Morgan fingerprint density at radius 3 is 2.84 bits per heavy atom. The van der Waals surface area contributed by atoms with E-state index in [9.17, 15) is 4.79 Å². The van der Waals surface area contributed by atoms with Crippen molar-refractivity contribution < 1.29 is 9.90 Å². The van der Waals surface area contributed by atoms with Crippen molar-refractivity contribution in [2.24, 2.45) is 5.92 Å². The van der Waals surface area contributed by atoms with Crippen LogP contribution in [0, 0.1) is 5.92 Å². The van der Waals surface area contributed by atoms with Crippen LogP contribution in [0.1, 0.15) is 36.0 Å². The van der Waals surface area contributed by atoms with Gasteiger partial charge in [-0.15, -0.1) is 5.10 Å². The number of hydrogen-bond acceptors (Lipinski definition) is 3. The third-order valence-corrected chi connectivity index (χ3v) is 4.05. The number of halogens is 1. The van der Waals surface area contributed by atoms with Gasteiger partial charge in [0.25, 0.3) is 0 Å². The molecule has 1 fully saturated rings. The second-order valence-corrected chi connectivity index (χ2v) is 5.46. The van der Waals surface area contributed by atoms with Crippen LogP contribution in [0.3, 0.4) is 0 Å². The van der Waals surface area contributed by atoms with E-state index in [1.54, 1.807) is 6.07 Å². The number of carbonyl (C=O) groups is 1. The van der Waals surface area contributed by atoms with Crippen molar-refractivity contribution in [3.8, 4) is 0 Å². The van der Waals surface area contributed by atoms with E-state index in [-0.39, 0.29) is 10.6 Å². The van der Waals surface area contributed by atoms with Crippen LogP contribution in [-0.4, -0.2) is 26.1 Å². The second-order valence-electron chi connectivity index (χ2n) is 5.05. The molecule has 1 aliphatic rings. The van der Waals surface area contributed by atoms with Crippen LogP contribution < -0.4 is 0 Å². The zero-order valence-electron chi connectivity index (χ0n) is 10.3. The zero-order chi connectivity index (χ0) is 13.4. The molecule has 2 aromatic rings. The lowest BCUT2D eigenvalue weighted by atomic mass is 10.1. The van der Waals surface area contributed by atoms with Gasteiger partial charge in [0, 0.05) is 6.54 Å². The maximum absolute atomic E-state index is 11.0. The van der Waals surface area contributed by atoms with E-state index >= 15 is 0 Å². The van der Waals surface area contributed by atoms with Gasteiger partial charge in [0.05, 0.1) is 16.1 Å². The fourth-order valence-electron chi connectivity index (χ4n) is 2.72. The average molecular weight is 280 g/mol. The molecule has 1 N–H and O–H groups in total. The van der Waals surface area contributed by atoms with Crippen LogP contribution in [0.5, 0.6) is 0 Å². The first-order chi connectivity index (χ1) is 9.15. The van der Waals surface area contributed by atoms with Crippen molar-refractivity contribution in [3.63, 3.8) is 0 Å². The van der Waals surface area contributed by atoms with Gasteiger partial charge < -0.3 is 5.11 Å². The molecule has 1 aromatic carbocycles. The smallest absolute Gasteiger partial charge is 0.337 e. The first-order valence-corrected chi connectivity index (χ1v) is 6.79. The minimum atomic E-state index is -1.04. The first kappa shape index (κ1) is 12.4. The van der Waals surface area contributed by atoms with Crippen molar-refractivity contribution in [2.75, 3.05) is 0 Å². The first-order valence-electron chi connectivity index (χ1n) is 6.41. The number of nitrogens with zero attached hydrogens (tertiary/aromatic N) is 3. The van der Waals surface area contributed by atoms with Gasteiger partial charge in [-0.3, -0.25) is 0 Å². The maximum Gasteiger partial charge on any atom is 0.337 e. The largest absolute Gasteiger partial charge is 0.478 e. The lowest BCUT2D eigenvalue weighted by Crippen LogP contribution is -2.09. The van der Waals surface area contributed by atoms with Gasteiger partial charge in [-0.2, -0.15) is 0 Å². The molecule has 0 spiro atoms. The number of rotatable bonds is 3. The van der Waals surface area contributed by atoms with E-state index in [2.05, 4.69) is 10.3 Å². The lowest BCUT2D eigenvalue weighted by molar-refractivity contribution is 0.0697. The highest BCUT2D eigenvalue weighted by Crippen LogP contribution is 2.28. The van der Waals surface area contributed by atoms with Crippen molar-refractivity contribution >= 4 is 28.6 Å². The highest BCUT2D eigenvalue weighted by molar-refractivity contribution is 6.34. The number of hydrogen-bond donors (Lipinski definition) is 1. The van der Waals surface area contributed by atoms with E-state index in [4.69, 9.17) is 16.7 Å². The van der Waals surface area contributed by atoms with Crippen molar-refractivity contribution in [1.29, 1.82) is 0 Å². The summed E-state index contributed by atoms with van der Waals surface area (Å²) in [4.78, 5) is 11.0. The summed E-state index contributed by atoms with van der Waals surface area (Å²) >= 11 is 5.99. The summed E-state index contributed by atoms with van der Waals surface area (Å²) in [5.41, 5.74) is 1.46. The van der Waals surface area contributed by atoms with E-state index in [1.165, 1.54) is 31.7 Å².